The highest BCUT2D eigenvalue weighted by atomic mass is 14.6. The molecule has 1 atom stereocenters. The molecular weight excluding hydrogens is 242 g/mol. The summed E-state index contributed by atoms with van der Waals surface area (Å²) in [5.41, 5.74) is 13.3. The zero-order valence-corrected chi connectivity index (χ0v) is 12.4. The van der Waals surface area contributed by atoms with Crippen LogP contribution < -0.4 is 5.73 Å². The van der Waals surface area contributed by atoms with E-state index in [1.54, 1.807) is 0 Å². The molecule has 1 aliphatic carbocycles. The van der Waals surface area contributed by atoms with Crippen LogP contribution in [0.5, 0.6) is 0 Å². The van der Waals surface area contributed by atoms with Gasteiger partial charge in [0.05, 0.1) is 6.04 Å². The Labute approximate surface area is 121 Å². The summed E-state index contributed by atoms with van der Waals surface area (Å²) in [4.78, 5) is 0. The maximum atomic E-state index is 6.44. The predicted octanol–water partition coefficient (Wildman–Crippen LogP) is 4.35. The highest BCUT2D eigenvalue weighted by molar-refractivity contribution is 5.40. The molecule has 1 aliphatic rings. The van der Waals surface area contributed by atoms with Crippen molar-refractivity contribution in [3.8, 4) is 0 Å². The Balaban J connectivity index is 1.86. The smallest absolute Gasteiger partial charge is 0.0551 e. The molecule has 0 aliphatic heterocycles. The average Bonchev–Trinajstić information content (AvgIpc) is 2.94. The van der Waals surface area contributed by atoms with Crippen molar-refractivity contribution >= 4 is 0 Å². The van der Waals surface area contributed by atoms with Gasteiger partial charge in [-0.2, -0.15) is 0 Å². The summed E-state index contributed by atoms with van der Waals surface area (Å²) >= 11 is 0. The van der Waals surface area contributed by atoms with Crippen molar-refractivity contribution in [1.82, 2.24) is 0 Å². The molecule has 0 fully saturated rings. The van der Waals surface area contributed by atoms with Crippen LogP contribution in [0, 0.1) is 0 Å². The molecule has 1 nitrogen and oxygen atoms in total. The molecule has 20 heavy (non-hydrogen) atoms. The third kappa shape index (κ3) is 2.51. The van der Waals surface area contributed by atoms with E-state index in [9.17, 15) is 0 Å². The minimum Gasteiger partial charge on any atom is -0.320 e. The van der Waals surface area contributed by atoms with Gasteiger partial charge in [0, 0.05) is 0 Å². The Morgan fingerprint density at radius 2 is 1.40 bits per heavy atom. The summed E-state index contributed by atoms with van der Waals surface area (Å²) in [5, 5.41) is 0. The van der Waals surface area contributed by atoms with Gasteiger partial charge >= 0.3 is 0 Å². The SMILES string of the molecule is CC(C)c1ccc(C(N)c2ccc3c(c2)CCC3)cc1. The summed E-state index contributed by atoms with van der Waals surface area (Å²) in [7, 11) is 0. The Kier molecular flexibility index (Phi) is 3.62. The normalized spacial score (nSPS) is 15.4. The first-order chi connectivity index (χ1) is 9.65. The second-order valence-corrected chi connectivity index (χ2v) is 6.18. The van der Waals surface area contributed by atoms with Crippen molar-refractivity contribution in [3.05, 3.63) is 70.3 Å². The van der Waals surface area contributed by atoms with Crippen LogP contribution in [0.3, 0.4) is 0 Å². The van der Waals surface area contributed by atoms with E-state index in [2.05, 4.69) is 56.3 Å². The van der Waals surface area contributed by atoms with Crippen molar-refractivity contribution in [1.29, 1.82) is 0 Å². The highest BCUT2D eigenvalue weighted by Gasteiger charge is 2.15. The number of fused-ring (bicyclic) bond motifs is 1. The van der Waals surface area contributed by atoms with Crippen LogP contribution in [0.15, 0.2) is 42.5 Å². The first-order valence-corrected chi connectivity index (χ1v) is 7.62. The van der Waals surface area contributed by atoms with E-state index < -0.39 is 0 Å². The topological polar surface area (TPSA) is 26.0 Å². The summed E-state index contributed by atoms with van der Waals surface area (Å²) in [5.74, 6) is 0.570. The number of hydrogen-bond donors (Lipinski definition) is 1. The second kappa shape index (κ2) is 5.41. The first kappa shape index (κ1) is 13.4. The highest BCUT2D eigenvalue weighted by Crippen LogP contribution is 2.28. The third-order valence-electron chi connectivity index (χ3n) is 4.44. The van der Waals surface area contributed by atoms with Gasteiger partial charge in [-0.05, 0) is 53.0 Å². The lowest BCUT2D eigenvalue weighted by Gasteiger charge is -2.15. The van der Waals surface area contributed by atoms with Crippen LogP contribution >= 0.6 is 0 Å². The van der Waals surface area contributed by atoms with E-state index in [1.165, 1.54) is 47.1 Å². The molecular formula is C19H23N. The van der Waals surface area contributed by atoms with Crippen molar-refractivity contribution in [3.63, 3.8) is 0 Å². The molecule has 2 N–H and O–H groups in total. The molecule has 0 saturated heterocycles. The van der Waals surface area contributed by atoms with Crippen LogP contribution in [0.4, 0.5) is 0 Å². The molecule has 0 aromatic heterocycles. The molecule has 0 radical (unpaired) electrons. The van der Waals surface area contributed by atoms with Gasteiger partial charge in [0.1, 0.15) is 0 Å². The lowest BCUT2D eigenvalue weighted by molar-refractivity contribution is 0.846. The van der Waals surface area contributed by atoms with Crippen LogP contribution in [-0.2, 0) is 12.8 Å². The first-order valence-electron chi connectivity index (χ1n) is 7.62. The van der Waals surface area contributed by atoms with Crippen LogP contribution in [0.2, 0.25) is 0 Å². The van der Waals surface area contributed by atoms with Gasteiger partial charge in [-0.1, -0.05) is 56.3 Å². The second-order valence-electron chi connectivity index (χ2n) is 6.18. The van der Waals surface area contributed by atoms with Gasteiger partial charge in [-0.15, -0.1) is 0 Å². The largest absolute Gasteiger partial charge is 0.320 e. The summed E-state index contributed by atoms with van der Waals surface area (Å²) < 4.78 is 0. The van der Waals surface area contributed by atoms with E-state index in [0.717, 1.165) is 0 Å². The van der Waals surface area contributed by atoms with E-state index in [-0.39, 0.29) is 6.04 Å². The fourth-order valence-electron chi connectivity index (χ4n) is 3.07. The van der Waals surface area contributed by atoms with Gasteiger partial charge in [-0.3, -0.25) is 0 Å². The Hall–Kier alpha value is -1.60. The van der Waals surface area contributed by atoms with E-state index in [0.29, 0.717) is 5.92 Å². The number of hydrogen-bond acceptors (Lipinski definition) is 1. The van der Waals surface area contributed by atoms with E-state index >= 15 is 0 Å². The Bertz CT molecular complexity index is 596. The molecule has 104 valence electrons. The molecule has 2 aromatic rings. The fourth-order valence-corrected chi connectivity index (χ4v) is 3.07. The third-order valence-corrected chi connectivity index (χ3v) is 4.44. The van der Waals surface area contributed by atoms with Crippen LogP contribution in [0.1, 0.15) is 60.0 Å². The number of nitrogens with two attached hydrogens (primary N) is 1. The molecule has 0 heterocycles. The summed E-state index contributed by atoms with van der Waals surface area (Å²) in [6.45, 7) is 4.44. The standard InChI is InChI=1S/C19H23N/c1-13(2)14-6-9-16(10-7-14)19(20)18-11-8-15-4-3-5-17(15)12-18/h6-13,19H,3-5,20H2,1-2H3. The summed E-state index contributed by atoms with van der Waals surface area (Å²) in [6.07, 6.45) is 3.73. The van der Waals surface area contributed by atoms with Gasteiger partial charge in [0.25, 0.3) is 0 Å². The molecule has 0 bridgehead atoms. The summed E-state index contributed by atoms with van der Waals surface area (Å²) in [6, 6.07) is 15.5. The lowest BCUT2D eigenvalue weighted by atomic mass is 9.94. The Morgan fingerprint density at radius 1 is 0.800 bits per heavy atom. The van der Waals surface area contributed by atoms with Crippen LogP contribution in [-0.4, -0.2) is 0 Å². The van der Waals surface area contributed by atoms with Crippen molar-refractivity contribution in [2.24, 2.45) is 5.73 Å². The molecule has 2 aromatic carbocycles. The van der Waals surface area contributed by atoms with Crippen LogP contribution in [0.25, 0.3) is 0 Å². The molecule has 0 spiro atoms. The minimum atomic E-state index is -0.0119. The molecule has 0 amide bonds. The maximum absolute atomic E-state index is 6.44. The Morgan fingerprint density at radius 3 is 2.10 bits per heavy atom. The predicted molar refractivity (Wildman–Crippen MR) is 85.0 cm³/mol. The zero-order valence-electron chi connectivity index (χ0n) is 12.4. The fraction of sp³-hybridized carbons (Fsp3) is 0.368. The molecule has 1 heteroatoms. The average molecular weight is 265 g/mol. The molecule has 1 unspecified atom stereocenters. The van der Waals surface area contributed by atoms with Gasteiger partial charge in [-0.25, -0.2) is 0 Å². The molecule has 0 saturated carbocycles. The van der Waals surface area contributed by atoms with E-state index in [4.69, 9.17) is 5.73 Å². The van der Waals surface area contributed by atoms with Crippen molar-refractivity contribution in [2.45, 2.75) is 45.1 Å². The molecule has 3 rings (SSSR count). The van der Waals surface area contributed by atoms with Crippen molar-refractivity contribution < 1.29 is 0 Å². The van der Waals surface area contributed by atoms with Crippen molar-refractivity contribution in [2.75, 3.05) is 0 Å². The van der Waals surface area contributed by atoms with Gasteiger partial charge < -0.3 is 5.73 Å². The monoisotopic (exact) mass is 265 g/mol. The quantitative estimate of drug-likeness (QED) is 0.877. The number of benzene rings is 2. The van der Waals surface area contributed by atoms with E-state index in [1.807, 2.05) is 0 Å². The van der Waals surface area contributed by atoms with Gasteiger partial charge in [0.2, 0.25) is 0 Å². The number of rotatable bonds is 3. The number of aryl methyl sites for hydroxylation is 2. The van der Waals surface area contributed by atoms with Gasteiger partial charge in [0.15, 0.2) is 0 Å². The lowest BCUT2D eigenvalue weighted by Crippen LogP contribution is -2.12. The maximum Gasteiger partial charge on any atom is 0.0551 e. The minimum absolute atomic E-state index is 0.0119. The zero-order chi connectivity index (χ0) is 14.1.